The van der Waals surface area contributed by atoms with Gasteiger partial charge in [0.1, 0.15) is 0 Å². The van der Waals surface area contributed by atoms with E-state index in [2.05, 4.69) is 0 Å². The number of unbranched alkanes of at least 4 members (excludes halogenated alkanes) is 1. The summed E-state index contributed by atoms with van der Waals surface area (Å²) in [5.74, 6) is 0. The van der Waals surface area contributed by atoms with Crippen LogP contribution in [0.3, 0.4) is 0 Å². The number of rotatable bonds is 8. The maximum absolute atomic E-state index is 11.8. The van der Waals surface area contributed by atoms with Crippen LogP contribution in [0.2, 0.25) is 6.04 Å². The molecule has 0 bridgehead atoms. The number of halogens is 1. The summed E-state index contributed by atoms with van der Waals surface area (Å²) in [4.78, 5) is 0. The van der Waals surface area contributed by atoms with Crippen LogP contribution in [-0.4, -0.2) is 36.3 Å². The fourth-order valence-corrected chi connectivity index (χ4v) is 2.66. The molecule has 80 valence electrons. The van der Waals surface area contributed by atoms with E-state index in [0.29, 0.717) is 13.0 Å². The molecular formula is C8H19FO3Si. The Morgan fingerprint density at radius 3 is 2.15 bits per heavy atom. The predicted octanol–water partition coefficient (Wildman–Crippen LogP) is 2.00. The second-order valence-corrected chi connectivity index (χ2v) is 5.87. The fraction of sp³-hybridized carbons (Fsp3) is 1.00. The van der Waals surface area contributed by atoms with Crippen molar-refractivity contribution in [2.45, 2.75) is 25.8 Å². The highest BCUT2D eigenvalue weighted by Crippen LogP contribution is 2.13. The molecule has 0 aromatic carbocycles. The molecular weight excluding hydrogens is 191 g/mol. The first kappa shape index (κ1) is 13.0. The van der Waals surface area contributed by atoms with Gasteiger partial charge in [-0.3, -0.25) is 4.39 Å². The van der Waals surface area contributed by atoms with Gasteiger partial charge in [-0.2, -0.15) is 0 Å². The standard InChI is InChI=1S/C8H19FO3Si/c1-4-13(10-2,11-3)12-8-6-5-7-9/h4-8H2,1-3H3. The summed E-state index contributed by atoms with van der Waals surface area (Å²) >= 11 is 0. The molecule has 0 aliphatic carbocycles. The van der Waals surface area contributed by atoms with Crippen molar-refractivity contribution in [2.24, 2.45) is 0 Å². The summed E-state index contributed by atoms with van der Waals surface area (Å²) < 4.78 is 27.7. The maximum atomic E-state index is 11.8. The van der Waals surface area contributed by atoms with E-state index in [0.717, 1.165) is 12.5 Å². The van der Waals surface area contributed by atoms with Gasteiger partial charge < -0.3 is 13.3 Å². The van der Waals surface area contributed by atoms with Crippen LogP contribution in [0.4, 0.5) is 4.39 Å². The first-order chi connectivity index (χ1) is 6.24. The molecule has 0 fully saturated rings. The molecule has 0 N–H and O–H groups in total. The Balaban J connectivity index is 3.68. The molecule has 3 nitrogen and oxygen atoms in total. The van der Waals surface area contributed by atoms with Crippen LogP contribution >= 0.6 is 0 Å². The van der Waals surface area contributed by atoms with Gasteiger partial charge in [0.05, 0.1) is 6.67 Å². The summed E-state index contributed by atoms with van der Waals surface area (Å²) in [6, 6.07) is 0.746. The lowest BCUT2D eigenvalue weighted by molar-refractivity contribution is 0.0972. The molecule has 0 rings (SSSR count). The lowest BCUT2D eigenvalue weighted by Crippen LogP contribution is -2.43. The van der Waals surface area contributed by atoms with Crippen molar-refractivity contribution < 1.29 is 17.7 Å². The third-order valence-electron chi connectivity index (χ3n) is 1.90. The Bertz CT molecular complexity index is 112. The molecule has 0 saturated carbocycles. The molecule has 0 aliphatic rings. The Morgan fingerprint density at radius 2 is 1.77 bits per heavy atom. The van der Waals surface area contributed by atoms with Crippen molar-refractivity contribution in [2.75, 3.05) is 27.5 Å². The molecule has 0 aliphatic heterocycles. The average Bonchev–Trinajstić information content (AvgIpc) is 2.20. The molecule has 0 amide bonds. The van der Waals surface area contributed by atoms with E-state index in [-0.39, 0.29) is 6.67 Å². The SMILES string of the molecule is CC[Si](OC)(OC)OCCCCF. The number of hydrogen-bond donors (Lipinski definition) is 0. The van der Waals surface area contributed by atoms with Gasteiger partial charge in [-0.15, -0.1) is 0 Å². The summed E-state index contributed by atoms with van der Waals surface area (Å²) in [6.07, 6.45) is 1.26. The lowest BCUT2D eigenvalue weighted by atomic mass is 10.4. The molecule has 5 heteroatoms. The second-order valence-electron chi connectivity index (χ2n) is 2.69. The van der Waals surface area contributed by atoms with E-state index < -0.39 is 8.80 Å². The van der Waals surface area contributed by atoms with E-state index in [9.17, 15) is 4.39 Å². The molecule has 0 spiro atoms. The second kappa shape index (κ2) is 7.43. The van der Waals surface area contributed by atoms with Crippen LogP contribution in [0.1, 0.15) is 19.8 Å². The van der Waals surface area contributed by atoms with Crippen molar-refractivity contribution in [1.82, 2.24) is 0 Å². The minimum atomic E-state index is -2.39. The van der Waals surface area contributed by atoms with Gasteiger partial charge in [0.25, 0.3) is 0 Å². The molecule has 13 heavy (non-hydrogen) atoms. The van der Waals surface area contributed by atoms with Crippen molar-refractivity contribution in [3.63, 3.8) is 0 Å². The van der Waals surface area contributed by atoms with E-state index >= 15 is 0 Å². The Morgan fingerprint density at radius 1 is 1.15 bits per heavy atom. The fourth-order valence-electron chi connectivity index (χ4n) is 1.02. The minimum Gasteiger partial charge on any atom is -0.377 e. The van der Waals surface area contributed by atoms with Gasteiger partial charge in [-0.1, -0.05) is 6.92 Å². The highest BCUT2D eigenvalue weighted by molar-refractivity contribution is 6.60. The van der Waals surface area contributed by atoms with E-state index in [1.165, 1.54) is 0 Å². The van der Waals surface area contributed by atoms with Crippen LogP contribution in [0, 0.1) is 0 Å². The molecule has 0 aromatic rings. The zero-order valence-corrected chi connectivity index (χ0v) is 9.64. The molecule has 0 saturated heterocycles. The van der Waals surface area contributed by atoms with Gasteiger partial charge in [0.2, 0.25) is 0 Å². The van der Waals surface area contributed by atoms with Crippen LogP contribution in [0.5, 0.6) is 0 Å². The molecule has 0 heterocycles. The average molecular weight is 210 g/mol. The Hall–Kier alpha value is 0.0269. The van der Waals surface area contributed by atoms with Gasteiger partial charge in [0, 0.05) is 26.9 Å². The Kier molecular flexibility index (Phi) is 7.45. The normalized spacial score (nSPS) is 12.0. The topological polar surface area (TPSA) is 27.7 Å². The van der Waals surface area contributed by atoms with Gasteiger partial charge in [-0.05, 0) is 12.8 Å². The van der Waals surface area contributed by atoms with Gasteiger partial charge in [-0.25, -0.2) is 0 Å². The minimum absolute atomic E-state index is 0.288. The van der Waals surface area contributed by atoms with E-state index in [4.69, 9.17) is 13.3 Å². The molecule has 0 atom stereocenters. The summed E-state index contributed by atoms with van der Waals surface area (Å²) in [5, 5.41) is 0. The van der Waals surface area contributed by atoms with Crippen LogP contribution in [0.15, 0.2) is 0 Å². The van der Waals surface area contributed by atoms with Gasteiger partial charge in [0.15, 0.2) is 0 Å². The first-order valence-electron chi connectivity index (χ1n) is 4.55. The van der Waals surface area contributed by atoms with Gasteiger partial charge >= 0.3 is 8.80 Å². The molecule has 0 aromatic heterocycles. The van der Waals surface area contributed by atoms with Crippen molar-refractivity contribution in [1.29, 1.82) is 0 Å². The zero-order valence-electron chi connectivity index (χ0n) is 8.64. The molecule has 0 unspecified atom stereocenters. The highest BCUT2D eigenvalue weighted by atomic mass is 28.4. The van der Waals surface area contributed by atoms with Crippen molar-refractivity contribution >= 4 is 8.80 Å². The lowest BCUT2D eigenvalue weighted by Gasteiger charge is -2.24. The number of alkyl halides is 1. The number of hydrogen-bond acceptors (Lipinski definition) is 3. The summed E-state index contributed by atoms with van der Waals surface area (Å²) in [5.41, 5.74) is 0. The quantitative estimate of drug-likeness (QED) is 0.453. The third kappa shape index (κ3) is 4.71. The highest BCUT2D eigenvalue weighted by Gasteiger charge is 2.36. The van der Waals surface area contributed by atoms with Crippen molar-refractivity contribution in [3.8, 4) is 0 Å². The predicted molar refractivity (Wildman–Crippen MR) is 51.4 cm³/mol. The van der Waals surface area contributed by atoms with E-state index in [1.807, 2.05) is 6.92 Å². The van der Waals surface area contributed by atoms with E-state index in [1.54, 1.807) is 14.2 Å². The molecule has 0 radical (unpaired) electrons. The van der Waals surface area contributed by atoms with Crippen molar-refractivity contribution in [3.05, 3.63) is 0 Å². The zero-order chi connectivity index (χ0) is 10.2. The monoisotopic (exact) mass is 210 g/mol. The van der Waals surface area contributed by atoms with Crippen LogP contribution in [0.25, 0.3) is 0 Å². The smallest absolute Gasteiger partial charge is 0.377 e. The first-order valence-corrected chi connectivity index (χ1v) is 6.48. The van der Waals surface area contributed by atoms with Crippen LogP contribution in [-0.2, 0) is 13.3 Å². The summed E-state index contributed by atoms with van der Waals surface area (Å²) in [7, 11) is 0.793. The maximum Gasteiger partial charge on any atom is 0.500 e. The third-order valence-corrected chi connectivity index (χ3v) is 4.66. The largest absolute Gasteiger partial charge is 0.500 e. The van der Waals surface area contributed by atoms with Crippen LogP contribution < -0.4 is 0 Å². The summed E-state index contributed by atoms with van der Waals surface area (Å²) in [6.45, 7) is 2.20. The Labute approximate surface area is 80.6 Å².